The van der Waals surface area contributed by atoms with Crippen LogP contribution in [0.5, 0.6) is 5.75 Å². The summed E-state index contributed by atoms with van der Waals surface area (Å²) >= 11 is 0. The molecule has 0 radical (unpaired) electrons. The number of carbonyl (C=O) groups is 1. The Morgan fingerprint density at radius 2 is 1.81 bits per heavy atom. The lowest BCUT2D eigenvalue weighted by molar-refractivity contribution is -0.192. The molecule has 1 aliphatic carbocycles. The molecule has 5 nitrogen and oxygen atoms in total. The van der Waals surface area contributed by atoms with E-state index in [1.807, 2.05) is 0 Å². The quantitative estimate of drug-likeness (QED) is 0.785. The average molecular weight is 376 g/mol. The Hall–Kier alpha value is -2.34. The second-order valence-electron chi connectivity index (χ2n) is 5.99. The summed E-state index contributed by atoms with van der Waals surface area (Å²) in [5, 5.41) is 15.8. The van der Waals surface area contributed by atoms with E-state index in [1.54, 1.807) is 12.1 Å². The van der Waals surface area contributed by atoms with Gasteiger partial charge in [0.1, 0.15) is 17.6 Å². The van der Waals surface area contributed by atoms with Crippen molar-refractivity contribution in [3.8, 4) is 11.8 Å². The Morgan fingerprint density at radius 1 is 1.27 bits per heavy atom. The normalized spacial score (nSPS) is 19.7. The topological polar surface area (TPSA) is 96.3 Å². The maximum atomic E-state index is 13.4. The third-order valence-electron chi connectivity index (χ3n) is 4.09. The van der Waals surface area contributed by atoms with Crippen LogP contribution in [-0.2, 0) is 4.79 Å². The van der Waals surface area contributed by atoms with Crippen molar-refractivity contribution in [1.82, 2.24) is 0 Å². The van der Waals surface area contributed by atoms with Gasteiger partial charge in [-0.2, -0.15) is 18.4 Å². The number of nitriles is 1. The minimum absolute atomic E-state index is 0.0517. The van der Waals surface area contributed by atoms with E-state index >= 15 is 0 Å². The van der Waals surface area contributed by atoms with E-state index in [0.717, 1.165) is 32.2 Å². The lowest BCUT2D eigenvalue weighted by Gasteiger charge is -2.27. The molecule has 144 valence electrons. The highest BCUT2D eigenvalue weighted by Gasteiger charge is 2.38. The molecule has 1 saturated carbocycles. The zero-order valence-electron chi connectivity index (χ0n) is 13.9. The van der Waals surface area contributed by atoms with Crippen molar-refractivity contribution < 1.29 is 32.2 Å². The number of rotatable bonds is 4. The fraction of sp³-hybridized carbons (Fsp3) is 0.529. The SMILES string of the molecule is N#Cc1ccc(OCC2CCC(CN)CC2)cc1F.O=C(O)C(F)(F)F. The molecule has 2 rings (SSSR count). The van der Waals surface area contributed by atoms with Crippen LogP contribution in [0.4, 0.5) is 17.6 Å². The number of nitrogens with zero attached hydrogens (tertiary/aromatic N) is 1. The second kappa shape index (κ2) is 9.97. The molecule has 0 atom stereocenters. The van der Waals surface area contributed by atoms with Crippen LogP contribution in [0.25, 0.3) is 0 Å². The van der Waals surface area contributed by atoms with E-state index in [2.05, 4.69) is 0 Å². The van der Waals surface area contributed by atoms with Crippen LogP contribution in [0.2, 0.25) is 0 Å². The average Bonchev–Trinajstić information content (AvgIpc) is 2.60. The molecule has 26 heavy (non-hydrogen) atoms. The molecule has 1 fully saturated rings. The van der Waals surface area contributed by atoms with Crippen LogP contribution in [-0.4, -0.2) is 30.4 Å². The number of nitrogens with two attached hydrogens (primary N) is 1. The zero-order valence-corrected chi connectivity index (χ0v) is 13.9. The predicted octanol–water partition coefficient (Wildman–Crippen LogP) is 3.47. The molecule has 3 N–H and O–H groups in total. The van der Waals surface area contributed by atoms with Crippen LogP contribution in [0.15, 0.2) is 18.2 Å². The van der Waals surface area contributed by atoms with Gasteiger partial charge in [0.05, 0.1) is 12.2 Å². The second-order valence-corrected chi connectivity index (χ2v) is 5.99. The van der Waals surface area contributed by atoms with E-state index in [1.165, 1.54) is 12.1 Å². The van der Waals surface area contributed by atoms with Gasteiger partial charge in [0.25, 0.3) is 0 Å². The number of carboxylic acids is 1. The minimum atomic E-state index is -5.08. The summed E-state index contributed by atoms with van der Waals surface area (Å²) in [6.45, 7) is 1.39. The van der Waals surface area contributed by atoms with Crippen LogP contribution in [0.1, 0.15) is 31.2 Å². The van der Waals surface area contributed by atoms with Gasteiger partial charge in [-0.1, -0.05) is 0 Å². The van der Waals surface area contributed by atoms with Crippen molar-refractivity contribution in [3.63, 3.8) is 0 Å². The highest BCUT2D eigenvalue weighted by atomic mass is 19.4. The summed E-state index contributed by atoms with van der Waals surface area (Å²) in [6, 6.07) is 6.18. The van der Waals surface area contributed by atoms with Gasteiger partial charge in [0, 0.05) is 6.07 Å². The van der Waals surface area contributed by atoms with Crippen LogP contribution < -0.4 is 10.5 Å². The van der Waals surface area contributed by atoms with Crippen molar-refractivity contribution in [1.29, 1.82) is 5.26 Å². The lowest BCUT2D eigenvalue weighted by atomic mass is 9.82. The van der Waals surface area contributed by atoms with Crippen molar-refractivity contribution in [3.05, 3.63) is 29.6 Å². The number of benzene rings is 1. The Bertz CT molecular complexity index is 636. The molecule has 0 heterocycles. The number of hydrogen-bond donors (Lipinski definition) is 2. The molecular formula is C17H20F4N2O3. The van der Waals surface area contributed by atoms with Gasteiger partial charge in [-0.25, -0.2) is 9.18 Å². The van der Waals surface area contributed by atoms with E-state index in [0.29, 0.717) is 24.2 Å². The van der Waals surface area contributed by atoms with Gasteiger partial charge in [0.15, 0.2) is 0 Å². The van der Waals surface area contributed by atoms with E-state index in [-0.39, 0.29) is 5.56 Å². The van der Waals surface area contributed by atoms with Crippen LogP contribution in [0, 0.1) is 29.0 Å². The van der Waals surface area contributed by atoms with E-state index in [4.69, 9.17) is 25.6 Å². The standard InChI is InChI=1S/C15H19FN2O.C2HF3O2/c16-15-7-14(6-5-13(15)9-18)19-10-12-3-1-11(8-17)2-4-12;3-2(4,5)1(6)7/h5-7,11-12H,1-4,8,10,17H2;(H,6,7). The molecule has 0 aromatic heterocycles. The summed E-state index contributed by atoms with van der Waals surface area (Å²) < 4.78 is 50.7. The Balaban J connectivity index is 0.000000412. The van der Waals surface area contributed by atoms with Crippen LogP contribution >= 0.6 is 0 Å². The summed E-state index contributed by atoms with van der Waals surface area (Å²) in [7, 11) is 0. The van der Waals surface area contributed by atoms with Crippen molar-refractivity contribution in [2.45, 2.75) is 31.9 Å². The van der Waals surface area contributed by atoms with E-state index < -0.39 is 18.0 Å². The maximum Gasteiger partial charge on any atom is 0.490 e. The maximum absolute atomic E-state index is 13.4. The molecule has 0 saturated heterocycles. The summed E-state index contributed by atoms with van der Waals surface area (Å²) in [6.07, 6.45) is -0.514. The fourth-order valence-corrected chi connectivity index (χ4v) is 2.52. The number of hydrogen-bond acceptors (Lipinski definition) is 4. The molecule has 9 heteroatoms. The first-order valence-electron chi connectivity index (χ1n) is 8.00. The first kappa shape index (κ1) is 21.7. The number of aliphatic carboxylic acids is 1. The summed E-state index contributed by atoms with van der Waals surface area (Å²) in [4.78, 5) is 8.90. The Labute approximate surface area is 148 Å². The highest BCUT2D eigenvalue weighted by Crippen LogP contribution is 2.28. The van der Waals surface area contributed by atoms with Gasteiger partial charge < -0.3 is 15.6 Å². The number of ether oxygens (including phenoxy) is 1. The lowest BCUT2D eigenvalue weighted by Crippen LogP contribution is -2.24. The van der Waals surface area contributed by atoms with E-state index in [9.17, 15) is 17.6 Å². The molecule has 1 aliphatic rings. The van der Waals surface area contributed by atoms with Gasteiger partial charge in [-0.05, 0) is 56.2 Å². The number of carboxylic acid groups (broad SMARTS) is 1. The fourth-order valence-electron chi connectivity index (χ4n) is 2.52. The molecule has 0 unspecified atom stereocenters. The van der Waals surface area contributed by atoms with Gasteiger partial charge in [-0.15, -0.1) is 0 Å². The molecule has 0 aliphatic heterocycles. The Morgan fingerprint density at radius 3 is 2.23 bits per heavy atom. The van der Waals surface area contributed by atoms with Gasteiger partial charge in [0.2, 0.25) is 0 Å². The molecule has 0 bridgehead atoms. The largest absolute Gasteiger partial charge is 0.493 e. The molecule has 1 aromatic carbocycles. The van der Waals surface area contributed by atoms with Crippen molar-refractivity contribution in [2.75, 3.05) is 13.2 Å². The minimum Gasteiger partial charge on any atom is -0.493 e. The smallest absolute Gasteiger partial charge is 0.490 e. The predicted molar refractivity (Wildman–Crippen MR) is 84.8 cm³/mol. The van der Waals surface area contributed by atoms with Crippen LogP contribution in [0.3, 0.4) is 0 Å². The first-order valence-corrected chi connectivity index (χ1v) is 8.00. The van der Waals surface area contributed by atoms with Gasteiger partial charge in [-0.3, -0.25) is 0 Å². The highest BCUT2D eigenvalue weighted by molar-refractivity contribution is 5.73. The van der Waals surface area contributed by atoms with Crippen molar-refractivity contribution >= 4 is 5.97 Å². The third-order valence-corrected chi connectivity index (χ3v) is 4.09. The molecular weight excluding hydrogens is 356 g/mol. The number of alkyl halides is 3. The van der Waals surface area contributed by atoms with Crippen molar-refractivity contribution in [2.24, 2.45) is 17.6 Å². The third kappa shape index (κ3) is 7.27. The number of halogens is 4. The molecule has 1 aromatic rings. The zero-order chi connectivity index (χ0) is 19.7. The summed E-state index contributed by atoms with van der Waals surface area (Å²) in [5.74, 6) is -1.60. The monoisotopic (exact) mass is 376 g/mol. The summed E-state index contributed by atoms with van der Waals surface area (Å²) in [5.41, 5.74) is 5.71. The molecule has 0 amide bonds. The van der Waals surface area contributed by atoms with Gasteiger partial charge >= 0.3 is 12.1 Å². The molecule has 0 spiro atoms. The first-order chi connectivity index (χ1) is 12.2. The Kier molecular flexibility index (Phi) is 8.32.